The second-order valence-corrected chi connectivity index (χ2v) is 32.5. The van der Waals surface area contributed by atoms with Crippen molar-refractivity contribution in [3.8, 4) is 0 Å². The smallest absolute Gasteiger partial charge is 0.323 e. The SMILES string of the molecule is C[Si](C)(C)OC(O[Si](C)(C)O[Si](C)(C)C)C([SiH3])O[Si](C)(C)O[Si](C)(C)C. The van der Waals surface area contributed by atoms with Gasteiger partial charge in [0.15, 0.2) is 31.2 Å². The molecule has 0 heterocycles. The Kier molecular flexibility index (Phi) is 9.67. The predicted molar refractivity (Wildman–Crippen MR) is 128 cm³/mol. The Hall–Kier alpha value is 1.10. The molecule has 0 fully saturated rings. The van der Waals surface area contributed by atoms with Gasteiger partial charge in [0.25, 0.3) is 0 Å². The third-order valence-electron chi connectivity index (χ3n) is 2.83. The number of rotatable bonds is 11. The molecular weight excluding hydrogens is 429 g/mol. The average molecular weight is 473 g/mol. The maximum Gasteiger partial charge on any atom is 0.323 e. The molecule has 0 amide bonds. The van der Waals surface area contributed by atoms with Crippen molar-refractivity contribution in [2.45, 2.75) is 97.1 Å². The van der Waals surface area contributed by atoms with Crippen LogP contribution in [0.25, 0.3) is 0 Å². The maximum absolute atomic E-state index is 6.48. The summed E-state index contributed by atoms with van der Waals surface area (Å²) in [5.41, 5.74) is -0.0586. The second kappa shape index (κ2) is 9.28. The minimum Gasteiger partial charge on any atom is -0.436 e. The molecule has 0 aliphatic carbocycles. The molecule has 158 valence electrons. The summed E-state index contributed by atoms with van der Waals surface area (Å²) in [7, 11) is -8.82. The van der Waals surface area contributed by atoms with Crippen LogP contribution in [0.2, 0.25) is 85.1 Å². The van der Waals surface area contributed by atoms with E-state index in [0.29, 0.717) is 0 Å². The first-order valence-electron chi connectivity index (χ1n) is 9.55. The zero-order valence-corrected chi connectivity index (χ0v) is 26.7. The summed E-state index contributed by atoms with van der Waals surface area (Å²) in [4.78, 5) is 0. The van der Waals surface area contributed by atoms with Gasteiger partial charge in [-0.1, -0.05) is 0 Å². The summed E-state index contributed by atoms with van der Waals surface area (Å²) in [6, 6.07) is 0. The van der Waals surface area contributed by atoms with Gasteiger partial charge in [0.2, 0.25) is 0 Å². The lowest BCUT2D eigenvalue weighted by Crippen LogP contribution is -2.55. The van der Waals surface area contributed by atoms with Crippen molar-refractivity contribution in [3.05, 3.63) is 0 Å². The van der Waals surface area contributed by atoms with Gasteiger partial charge in [-0.05, 0) is 85.1 Å². The van der Waals surface area contributed by atoms with Crippen molar-refractivity contribution < 1.29 is 21.5 Å². The summed E-state index contributed by atoms with van der Waals surface area (Å²) in [5.74, 6) is 0. The van der Waals surface area contributed by atoms with Crippen molar-refractivity contribution in [1.29, 1.82) is 0 Å². The van der Waals surface area contributed by atoms with Gasteiger partial charge in [0.05, 0.1) is 5.73 Å². The first kappa shape index (κ1) is 27.1. The third kappa shape index (κ3) is 14.1. The molecule has 11 heteroatoms. The Morgan fingerprint density at radius 2 is 0.846 bits per heavy atom. The molecule has 26 heavy (non-hydrogen) atoms. The van der Waals surface area contributed by atoms with E-state index in [0.717, 1.165) is 10.2 Å². The van der Waals surface area contributed by atoms with E-state index in [-0.39, 0.29) is 12.0 Å². The van der Waals surface area contributed by atoms with E-state index < -0.39 is 42.1 Å². The Morgan fingerprint density at radius 1 is 0.500 bits per heavy atom. The topological polar surface area (TPSA) is 46.2 Å². The minimum atomic E-state index is -2.30. The standard InChI is InChI=1S/C15H44O5Si6/c1-22(2,3)16-14(17-25(10,11)19-23(4,5)6)15(21)18-26(12,13)20-24(7,8)9/h14-15H,1-13,21H3. The van der Waals surface area contributed by atoms with Gasteiger partial charge < -0.3 is 21.5 Å². The molecule has 0 saturated carbocycles. The second-order valence-electron chi connectivity index (χ2n) is 10.8. The molecule has 0 N–H and O–H groups in total. The lowest BCUT2D eigenvalue weighted by atomic mass is 10.7. The fourth-order valence-electron chi connectivity index (χ4n) is 2.87. The van der Waals surface area contributed by atoms with Crippen molar-refractivity contribution in [1.82, 2.24) is 0 Å². The van der Waals surface area contributed by atoms with E-state index in [1.54, 1.807) is 0 Å². The van der Waals surface area contributed by atoms with Crippen LogP contribution in [0, 0.1) is 0 Å². The van der Waals surface area contributed by atoms with Crippen LogP contribution >= 0.6 is 0 Å². The van der Waals surface area contributed by atoms with Gasteiger partial charge >= 0.3 is 17.1 Å². The zero-order valence-electron chi connectivity index (χ0n) is 19.7. The fourth-order valence-corrected chi connectivity index (χ4v) is 20.4. The van der Waals surface area contributed by atoms with Crippen LogP contribution in [-0.2, 0) is 21.5 Å². The van der Waals surface area contributed by atoms with Crippen molar-refractivity contribution in [2.24, 2.45) is 0 Å². The van der Waals surface area contributed by atoms with Crippen LogP contribution in [-0.4, -0.2) is 64.3 Å². The predicted octanol–water partition coefficient (Wildman–Crippen LogP) is 4.00. The highest BCUT2D eigenvalue weighted by Gasteiger charge is 2.41. The highest BCUT2D eigenvalue weighted by molar-refractivity contribution is 6.82. The molecule has 0 radical (unpaired) electrons. The van der Waals surface area contributed by atoms with Crippen LogP contribution in [0.3, 0.4) is 0 Å². The molecule has 2 atom stereocenters. The Balaban J connectivity index is 5.30. The average Bonchev–Trinajstić information content (AvgIpc) is 2.16. The monoisotopic (exact) mass is 472 g/mol. The van der Waals surface area contributed by atoms with Crippen LogP contribution in [0.15, 0.2) is 0 Å². The molecule has 0 bridgehead atoms. The summed E-state index contributed by atoms with van der Waals surface area (Å²) in [6.45, 7) is 28.3. The van der Waals surface area contributed by atoms with Crippen LogP contribution in [0.1, 0.15) is 0 Å². The highest BCUT2D eigenvalue weighted by atomic mass is 28.4. The fraction of sp³-hybridized carbons (Fsp3) is 1.00. The lowest BCUT2D eigenvalue weighted by Gasteiger charge is -2.41. The number of hydrogen-bond acceptors (Lipinski definition) is 5. The summed E-state index contributed by atoms with van der Waals surface area (Å²) >= 11 is 0. The van der Waals surface area contributed by atoms with Crippen molar-refractivity contribution in [3.63, 3.8) is 0 Å². The van der Waals surface area contributed by atoms with Crippen LogP contribution < -0.4 is 0 Å². The third-order valence-corrected chi connectivity index (χ3v) is 15.6. The van der Waals surface area contributed by atoms with E-state index in [9.17, 15) is 0 Å². The summed E-state index contributed by atoms with van der Waals surface area (Å²) in [5, 5.41) is 0. The van der Waals surface area contributed by atoms with E-state index in [1.165, 1.54) is 0 Å². The molecule has 0 aliphatic heterocycles. The van der Waals surface area contributed by atoms with E-state index in [1.807, 2.05) is 0 Å². The molecule has 5 nitrogen and oxygen atoms in total. The van der Waals surface area contributed by atoms with Gasteiger partial charge in [-0.2, -0.15) is 0 Å². The Bertz CT molecular complexity index is 439. The first-order valence-corrected chi connectivity index (χ1v) is 26.6. The molecule has 0 aromatic carbocycles. The molecule has 0 rings (SSSR count). The maximum atomic E-state index is 6.48. The first-order chi connectivity index (χ1) is 11.1. The molecule has 0 saturated heterocycles. The van der Waals surface area contributed by atoms with E-state index in [2.05, 4.69) is 85.1 Å². The minimum absolute atomic E-state index is 0.0586. The zero-order chi connectivity index (χ0) is 21.2. The summed E-state index contributed by atoms with van der Waals surface area (Å²) in [6.07, 6.45) is -0.358. The van der Waals surface area contributed by atoms with Gasteiger partial charge in [0.1, 0.15) is 0 Å². The molecule has 0 spiro atoms. The normalized spacial score (nSPS) is 17.4. The molecule has 2 unspecified atom stereocenters. The summed E-state index contributed by atoms with van der Waals surface area (Å²) < 4.78 is 32.1. The molecule has 0 aromatic rings. The highest BCUT2D eigenvalue weighted by Crippen LogP contribution is 2.24. The molecular formula is C15H44O5Si6. The van der Waals surface area contributed by atoms with E-state index in [4.69, 9.17) is 21.5 Å². The molecule has 0 aliphatic rings. The Morgan fingerprint density at radius 3 is 1.15 bits per heavy atom. The van der Waals surface area contributed by atoms with Gasteiger partial charge in [-0.15, -0.1) is 0 Å². The van der Waals surface area contributed by atoms with Crippen molar-refractivity contribution in [2.75, 3.05) is 0 Å². The number of hydrogen-bond donors (Lipinski definition) is 0. The van der Waals surface area contributed by atoms with Crippen LogP contribution in [0.4, 0.5) is 0 Å². The van der Waals surface area contributed by atoms with Gasteiger partial charge in [-0.25, -0.2) is 0 Å². The largest absolute Gasteiger partial charge is 0.436 e. The Labute approximate surface area is 170 Å². The van der Waals surface area contributed by atoms with E-state index >= 15 is 0 Å². The van der Waals surface area contributed by atoms with Gasteiger partial charge in [0, 0.05) is 10.2 Å². The van der Waals surface area contributed by atoms with Gasteiger partial charge in [-0.3, -0.25) is 0 Å². The van der Waals surface area contributed by atoms with Crippen LogP contribution in [0.5, 0.6) is 0 Å². The quantitative estimate of drug-likeness (QED) is 0.336. The van der Waals surface area contributed by atoms with Crippen molar-refractivity contribution >= 4 is 52.3 Å². The lowest BCUT2D eigenvalue weighted by molar-refractivity contribution is -0.0721. The molecule has 0 aromatic heterocycles.